The quantitative estimate of drug-likeness (QED) is 0.571. The van der Waals surface area contributed by atoms with Crippen LogP contribution in [0, 0.1) is 32.1 Å². The molecule has 0 saturated heterocycles. The first kappa shape index (κ1) is 19.7. The van der Waals surface area contributed by atoms with Gasteiger partial charge in [0, 0.05) is 11.3 Å². The van der Waals surface area contributed by atoms with E-state index >= 15 is 0 Å². The van der Waals surface area contributed by atoms with E-state index < -0.39 is 0 Å². The van der Waals surface area contributed by atoms with Crippen LogP contribution in [0.25, 0.3) is 11.4 Å². The van der Waals surface area contributed by atoms with E-state index in [1.165, 1.54) is 11.8 Å². The monoisotopic (exact) mass is 396 g/mol. The molecule has 8 heteroatoms. The molecule has 1 aromatic carbocycles. The summed E-state index contributed by atoms with van der Waals surface area (Å²) in [6.07, 6.45) is 0. The Bertz CT molecular complexity index is 1060. The van der Waals surface area contributed by atoms with Crippen LogP contribution in [0.15, 0.2) is 27.7 Å². The zero-order valence-electron chi connectivity index (χ0n) is 16.4. The summed E-state index contributed by atoms with van der Waals surface area (Å²) in [6.45, 7) is 5.85. The molecule has 28 heavy (non-hydrogen) atoms. The van der Waals surface area contributed by atoms with Crippen molar-refractivity contribution in [3.05, 3.63) is 46.5 Å². The first-order chi connectivity index (χ1) is 13.5. The van der Waals surface area contributed by atoms with Gasteiger partial charge in [-0.25, -0.2) is 4.98 Å². The molecule has 0 N–H and O–H groups in total. The van der Waals surface area contributed by atoms with Crippen LogP contribution in [-0.2, 0) is 5.75 Å². The Kier molecular flexibility index (Phi) is 5.85. The molecule has 3 rings (SSSR count). The first-order valence-corrected chi connectivity index (χ1v) is 9.52. The van der Waals surface area contributed by atoms with Crippen molar-refractivity contribution in [2.24, 2.45) is 0 Å². The average Bonchev–Trinajstić information content (AvgIpc) is 3.19. The maximum absolute atomic E-state index is 9.48. The molecule has 3 aromatic rings. The average molecular weight is 396 g/mol. The zero-order valence-corrected chi connectivity index (χ0v) is 17.2. The van der Waals surface area contributed by atoms with Crippen LogP contribution >= 0.6 is 11.8 Å². The first-order valence-electron chi connectivity index (χ1n) is 8.54. The minimum Gasteiger partial charge on any atom is -0.493 e. The van der Waals surface area contributed by atoms with Gasteiger partial charge in [-0.2, -0.15) is 10.2 Å². The maximum Gasteiger partial charge on any atom is 0.237 e. The second kappa shape index (κ2) is 8.31. The fourth-order valence-electron chi connectivity index (χ4n) is 2.68. The Hall–Kier alpha value is -3.05. The number of nitrogens with zero attached hydrogens (tertiary/aromatic N) is 4. The fourth-order valence-corrected chi connectivity index (χ4v) is 3.61. The van der Waals surface area contributed by atoms with Crippen LogP contribution in [0.5, 0.6) is 11.5 Å². The standard InChI is InChI=1S/C20H20N4O3S/c1-11-12(2)15(9-21)20(22-13(11)3)28-10-18-23-19(24-27-18)14-6-7-16(25-4)17(8-14)26-5/h6-8H,10H2,1-5H3. The topological polar surface area (TPSA) is 94.1 Å². The summed E-state index contributed by atoms with van der Waals surface area (Å²) in [5.74, 6) is 2.56. The molecule has 0 atom stereocenters. The molecule has 0 aliphatic rings. The van der Waals surface area contributed by atoms with Crippen molar-refractivity contribution in [1.29, 1.82) is 5.26 Å². The number of benzene rings is 1. The van der Waals surface area contributed by atoms with Gasteiger partial charge in [0.2, 0.25) is 11.7 Å². The molecule has 2 aromatic heterocycles. The second-order valence-corrected chi connectivity index (χ2v) is 7.07. The molecule has 0 radical (unpaired) electrons. The van der Waals surface area contributed by atoms with Gasteiger partial charge in [-0.1, -0.05) is 16.9 Å². The molecule has 144 valence electrons. The highest BCUT2D eigenvalue weighted by Gasteiger charge is 2.16. The summed E-state index contributed by atoms with van der Waals surface area (Å²) >= 11 is 1.41. The number of rotatable bonds is 6. The van der Waals surface area contributed by atoms with E-state index in [9.17, 15) is 5.26 Å². The van der Waals surface area contributed by atoms with E-state index in [2.05, 4.69) is 21.2 Å². The number of aromatic nitrogens is 3. The van der Waals surface area contributed by atoms with Gasteiger partial charge in [0.25, 0.3) is 0 Å². The SMILES string of the molecule is COc1ccc(-c2noc(CSc3nc(C)c(C)c(C)c3C#N)n2)cc1OC. The van der Waals surface area contributed by atoms with E-state index in [0.29, 0.717) is 39.6 Å². The molecule has 0 fully saturated rings. The molecule has 0 spiro atoms. The van der Waals surface area contributed by atoms with Crippen LogP contribution in [0.1, 0.15) is 28.3 Å². The van der Waals surface area contributed by atoms with Gasteiger partial charge in [0.15, 0.2) is 11.5 Å². The van der Waals surface area contributed by atoms with Gasteiger partial charge < -0.3 is 14.0 Å². The fraction of sp³-hybridized carbons (Fsp3) is 0.300. The minimum absolute atomic E-state index is 0.421. The van der Waals surface area contributed by atoms with Crippen molar-refractivity contribution < 1.29 is 14.0 Å². The molecule has 2 heterocycles. The van der Waals surface area contributed by atoms with Crippen molar-refractivity contribution in [2.75, 3.05) is 14.2 Å². The number of pyridine rings is 1. The van der Waals surface area contributed by atoms with Gasteiger partial charge in [-0.05, 0) is 50.1 Å². The Morgan fingerprint density at radius 1 is 1.07 bits per heavy atom. The lowest BCUT2D eigenvalue weighted by molar-refractivity contribution is 0.355. The van der Waals surface area contributed by atoms with Crippen molar-refractivity contribution >= 4 is 11.8 Å². The number of hydrogen-bond acceptors (Lipinski definition) is 8. The van der Waals surface area contributed by atoms with E-state index in [4.69, 9.17) is 14.0 Å². The Morgan fingerprint density at radius 2 is 1.82 bits per heavy atom. The number of ether oxygens (including phenoxy) is 2. The molecule has 0 amide bonds. The summed E-state index contributed by atoms with van der Waals surface area (Å²) in [6, 6.07) is 7.67. The normalized spacial score (nSPS) is 10.6. The van der Waals surface area contributed by atoms with Crippen molar-refractivity contribution in [1.82, 2.24) is 15.1 Å². The van der Waals surface area contributed by atoms with Crippen molar-refractivity contribution in [3.8, 4) is 29.0 Å². The zero-order chi connectivity index (χ0) is 20.3. The molecule has 0 bridgehead atoms. The van der Waals surface area contributed by atoms with Gasteiger partial charge >= 0.3 is 0 Å². The van der Waals surface area contributed by atoms with Gasteiger partial charge in [0.05, 0.1) is 25.5 Å². The molecular formula is C20H20N4O3S. The summed E-state index contributed by atoms with van der Waals surface area (Å²) in [5.41, 5.74) is 4.25. The minimum atomic E-state index is 0.421. The summed E-state index contributed by atoms with van der Waals surface area (Å²) < 4.78 is 15.9. The van der Waals surface area contributed by atoms with E-state index in [-0.39, 0.29) is 0 Å². The van der Waals surface area contributed by atoms with Gasteiger partial charge in [-0.3, -0.25) is 0 Å². The van der Waals surface area contributed by atoms with E-state index in [1.807, 2.05) is 26.8 Å². The lowest BCUT2D eigenvalue weighted by Crippen LogP contribution is -1.99. The van der Waals surface area contributed by atoms with Crippen LogP contribution in [0.3, 0.4) is 0 Å². The Morgan fingerprint density at radius 3 is 2.50 bits per heavy atom. The highest BCUT2D eigenvalue weighted by atomic mass is 32.2. The highest BCUT2D eigenvalue weighted by Crippen LogP contribution is 2.32. The molecule has 0 aliphatic heterocycles. The molecule has 7 nitrogen and oxygen atoms in total. The number of methoxy groups -OCH3 is 2. The summed E-state index contributed by atoms with van der Waals surface area (Å²) in [7, 11) is 3.16. The van der Waals surface area contributed by atoms with Gasteiger partial charge in [-0.15, -0.1) is 0 Å². The third-order valence-electron chi connectivity index (χ3n) is 4.52. The van der Waals surface area contributed by atoms with Gasteiger partial charge in [0.1, 0.15) is 11.1 Å². The van der Waals surface area contributed by atoms with Crippen LogP contribution < -0.4 is 9.47 Å². The third kappa shape index (κ3) is 3.80. The third-order valence-corrected chi connectivity index (χ3v) is 5.48. The second-order valence-electron chi connectivity index (χ2n) is 6.11. The maximum atomic E-state index is 9.48. The van der Waals surface area contributed by atoms with Crippen molar-refractivity contribution in [2.45, 2.75) is 31.6 Å². The lowest BCUT2D eigenvalue weighted by Gasteiger charge is -2.10. The molecule has 0 aliphatic carbocycles. The molecule has 0 saturated carbocycles. The smallest absolute Gasteiger partial charge is 0.237 e. The molecule has 0 unspecified atom stereocenters. The van der Waals surface area contributed by atoms with E-state index in [0.717, 1.165) is 22.4 Å². The van der Waals surface area contributed by atoms with Crippen LogP contribution in [0.4, 0.5) is 0 Å². The molecular weight excluding hydrogens is 376 g/mol. The number of thioether (sulfide) groups is 1. The Labute approximate surface area is 167 Å². The van der Waals surface area contributed by atoms with Crippen molar-refractivity contribution in [3.63, 3.8) is 0 Å². The predicted molar refractivity (Wildman–Crippen MR) is 106 cm³/mol. The van der Waals surface area contributed by atoms with Crippen LogP contribution in [-0.4, -0.2) is 29.3 Å². The highest BCUT2D eigenvalue weighted by molar-refractivity contribution is 7.98. The number of hydrogen-bond donors (Lipinski definition) is 0. The van der Waals surface area contributed by atoms with Crippen LogP contribution in [0.2, 0.25) is 0 Å². The van der Waals surface area contributed by atoms with E-state index in [1.54, 1.807) is 26.4 Å². The number of aryl methyl sites for hydroxylation is 1. The summed E-state index contributed by atoms with van der Waals surface area (Å²) in [4.78, 5) is 8.99. The lowest BCUT2D eigenvalue weighted by atomic mass is 10.1. The largest absolute Gasteiger partial charge is 0.493 e. The summed E-state index contributed by atoms with van der Waals surface area (Å²) in [5, 5.41) is 14.2. The number of nitriles is 1. The Balaban J connectivity index is 1.81. The predicted octanol–water partition coefficient (Wildman–Crippen LogP) is 4.24.